The molecule has 1 unspecified atom stereocenters. The molecule has 1 aliphatic rings. The van der Waals surface area contributed by atoms with Crippen molar-refractivity contribution in [2.75, 3.05) is 26.2 Å². The van der Waals surface area contributed by atoms with Gasteiger partial charge >= 0.3 is 0 Å². The van der Waals surface area contributed by atoms with E-state index in [1.807, 2.05) is 25.1 Å². The molecule has 27 heavy (non-hydrogen) atoms. The minimum Gasteiger partial charge on any atom is -0.375 e. The normalized spacial score (nSPS) is 18.0. The number of nitrogens with zero attached hydrogens (tertiary/aromatic N) is 2. The molecule has 0 spiro atoms. The van der Waals surface area contributed by atoms with E-state index >= 15 is 0 Å². The van der Waals surface area contributed by atoms with Crippen LogP contribution in [0.15, 0.2) is 18.2 Å². The fraction of sp³-hybridized carbons (Fsp3) is 0.524. The number of H-pyrrole nitrogens is 1. The van der Waals surface area contributed by atoms with Crippen molar-refractivity contribution in [2.45, 2.75) is 45.8 Å². The number of aromatic nitrogens is 1. The number of aromatic amines is 1. The van der Waals surface area contributed by atoms with Gasteiger partial charge < -0.3 is 15.0 Å². The van der Waals surface area contributed by atoms with Crippen LogP contribution in [0.1, 0.15) is 37.1 Å². The maximum atomic E-state index is 12.3. The quantitative estimate of drug-likeness (QED) is 0.821. The molecule has 0 radical (unpaired) electrons. The molecule has 6 heteroatoms. The molecule has 2 aromatic rings. The molecule has 0 saturated carbocycles. The lowest BCUT2D eigenvalue weighted by molar-refractivity contribution is -0.126. The number of fused-ring (bicyclic) bond motifs is 1. The first-order chi connectivity index (χ1) is 13.0. The van der Waals surface area contributed by atoms with Gasteiger partial charge in [-0.1, -0.05) is 0 Å². The highest BCUT2D eigenvalue weighted by atomic mass is 16.5. The van der Waals surface area contributed by atoms with Crippen molar-refractivity contribution in [3.8, 4) is 6.07 Å². The van der Waals surface area contributed by atoms with Crippen LogP contribution in [0.3, 0.4) is 0 Å². The zero-order valence-electron chi connectivity index (χ0n) is 16.3. The first-order valence-electron chi connectivity index (χ1n) is 9.61. The molecule has 2 N–H and O–H groups in total. The second-order valence-corrected chi connectivity index (χ2v) is 7.49. The number of ether oxygens (including phenoxy) is 1. The van der Waals surface area contributed by atoms with Crippen LogP contribution in [-0.4, -0.2) is 54.2 Å². The standard InChI is InChI=1S/C21H28N4O2/c1-14(2)25-8-9-27-17(13-25)11-21(26)23-7-6-18-15(3)24-20-5-4-16(12-22)10-19(18)20/h4-5,10,14,17,24H,6-9,11,13H2,1-3H3,(H,23,26). The maximum Gasteiger partial charge on any atom is 0.222 e. The average Bonchev–Trinajstić information content (AvgIpc) is 2.96. The van der Waals surface area contributed by atoms with Gasteiger partial charge in [-0.2, -0.15) is 5.26 Å². The summed E-state index contributed by atoms with van der Waals surface area (Å²) in [4.78, 5) is 18.0. The van der Waals surface area contributed by atoms with E-state index in [9.17, 15) is 4.79 Å². The Balaban J connectivity index is 1.54. The van der Waals surface area contributed by atoms with Gasteiger partial charge in [-0.3, -0.25) is 9.69 Å². The smallest absolute Gasteiger partial charge is 0.222 e. The summed E-state index contributed by atoms with van der Waals surface area (Å²) in [5.41, 5.74) is 3.91. The Labute approximate surface area is 160 Å². The van der Waals surface area contributed by atoms with Gasteiger partial charge in [-0.15, -0.1) is 0 Å². The molecule has 1 aromatic heterocycles. The number of nitriles is 1. The number of carbonyl (C=O) groups excluding carboxylic acids is 1. The Morgan fingerprint density at radius 3 is 3.04 bits per heavy atom. The van der Waals surface area contributed by atoms with Gasteiger partial charge in [-0.05, 0) is 51.0 Å². The van der Waals surface area contributed by atoms with Gasteiger partial charge in [-0.25, -0.2) is 0 Å². The Morgan fingerprint density at radius 1 is 1.48 bits per heavy atom. The third kappa shape index (κ3) is 4.68. The molecule has 1 fully saturated rings. The number of morpholine rings is 1. The first kappa shape index (κ1) is 19.4. The Kier molecular flexibility index (Phi) is 6.15. The summed E-state index contributed by atoms with van der Waals surface area (Å²) >= 11 is 0. The predicted octanol–water partition coefficient (Wildman–Crippen LogP) is 2.51. The van der Waals surface area contributed by atoms with Crippen LogP contribution in [0.25, 0.3) is 10.9 Å². The fourth-order valence-corrected chi connectivity index (χ4v) is 3.71. The van der Waals surface area contributed by atoms with Crippen molar-refractivity contribution in [3.63, 3.8) is 0 Å². The van der Waals surface area contributed by atoms with Gasteiger partial charge in [0.15, 0.2) is 0 Å². The number of hydrogen-bond acceptors (Lipinski definition) is 4. The third-order valence-electron chi connectivity index (χ3n) is 5.26. The van der Waals surface area contributed by atoms with Crippen molar-refractivity contribution in [3.05, 3.63) is 35.0 Å². The highest BCUT2D eigenvalue weighted by Gasteiger charge is 2.24. The summed E-state index contributed by atoms with van der Waals surface area (Å²) in [6.07, 6.45) is 1.10. The minimum absolute atomic E-state index is 0.0285. The van der Waals surface area contributed by atoms with E-state index < -0.39 is 0 Å². The molecule has 1 aromatic carbocycles. The lowest BCUT2D eigenvalue weighted by Gasteiger charge is -2.35. The average molecular weight is 368 g/mol. The molecular formula is C21H28N4O2. The minimum atomic E-state index is -0.0332. The van der Waals surface area contributed by atoms with Crippen LogP contribution < -0.4 is 5.32 Å². The lowest BCUT2D eigenvalue weighted by Crippen LogP contribution is -2.47. The van der Waals surface area contributed by atoms with E-state index in [-0.39, 0.29) is 12.0 Å². The van der Waals surface area contributed by atoms with E-state index in [0.717, 1.165) is 41.7 Å². The van der Waals surface area contributed by atoms with Crippen molar-refractivity contribution in [1.82, 2.24) is 15.2 Å². The molecule has 0 bridgehead atoms. The van der Waals surface area contributed by atoms with Crippen LogP contribution in [0.5, 0.6) is 0 Å². The van der Waals surface area contributed by atoms with Gasteiger partial charge in [0.05, 0.1) is 30.8 Å². The van der Waals surface area contributed by atoms with Crippen LogP contribution in [0, 0.1) is 18.3 Å². The summed E-state index contributed by atoms with van der Waals surface area (Å²) < 4.78 is 5.75. The van der Waals surface area contributed by atoms with E-state index in [1.165, 1.54) is 0 Å². The van der Waals surface area contributed by atoms with Crippen molar-refractivity contribution in [1.29, 1.82) is 5.26 Å². The van der Waals surface area contributed by atoms with Crippen LogP contribution in [0.4, 0.5) is 0 Å². The van der Waals surface area contributed by atoms with Crippen LogP contribution in [0.2, 0.25) is 0 Å². The molecule has 3 rings (SSSR count). The zero-order valence-corrected chi connectivity index (χ0v) is 16.3. The number of aryl methyl sites for hydroxylation is 1. The lowest BCUT2D eigenvalue weighted by atomic mass is 10.1. The van der Waals surface area contributed by atoms with Gasteiger partial charge in [0.2, 0.25) is 5.91 Å². The van der Waals surface area contributed by atoms with Crippen LogP contribution >= 0.6 is 0 Å². The number of carbonyl (C=O) groups is 1. The molecule has 2 heterocycles. The van der Waals surface area contributed by atoms with Crippen molar-refractivity contribution < 1.29 is 9.53 Å². The van der Waals surface area contributed by atoms with Gasteiger partial charge in [0.1, 0.15) is 0 Å². The molecule has 1 saturated heterocycles. The van der Waals surface area contributed by atoms with Crippen molar-refractivity contribution >= 4 is 16.8 Å². The summed E-state index contributed by atoms with van der Waals surface area (Å²) in [5, 5.41) is 13.2. The number of hydrogen-bond donors (Lipinski definition) is 2. The maximum absolute atomic E-state index is 12.3. The summed E-state index contributed by atoms with van der Waals surface area (Å²) in [6, 6.07) is 8.32. The zero-order chi connectivity index (χ0) is 19.4. The Hall–Kier alpha value is -2.36. The highest BCUT2D eigenvalue weighted by molar-refractivity contribution is 5.86. The highest BCUT2D eigenvalue weighted by Crippen LogP contribution is 2.23. The van der Waals surface area contributed by atoms with E-state index in [0.29, 0.717) is 31.2 Å². The van der Waals surface area contributed by atoms with E-state index in [1.54, 1.807) is 0 Å². The van der Waals surface area contributed by atoms with Crippen LogP contribution in [-0.2, 0) is 16.0 Å². The Morgan fingerprint density at radius 2 is 2.30 bits per heavy atom. The fourth-order valence-electron chi connectivity index (χ4n) is 3.71. The number of rotatable bonds is 6. The Bertz CT molecular complexity index is 850. The second kappa shape index (κ2) is 8.55. The van der Waals surface area contributed by atoms with E-state index in [2.05, 4.69) is 35.1 Å². The molecule has 144 valence electrons. The topological polar surface area (TPSA) is 81.2 Å². The first-order valence-corrected chi connectivity index (χ1v) is 9.61. The molecule has 1 aliphatic heterocycles. The SMILES string of the molecule is Cc1[nH]c2ccc(C#N)cc2c1CCNC(=O)CC1CN(C(C)C)CCO1. The molecular weight excluding hydrogens is 340 g/mol. The third-order valence-corrected chi connectivity index (χ3v) is 5.26. The molecule has 1 amide bonds. The van der Waals surface area contributed by atoms with Gasteiger partial charge in [0, 0.05) is 42.3 Å². The number of benzene rings is 1. The largest absolute Gasteiger partial charge is 0.375 e. The summed E-state index contributed by atoms with van der Waals surface area (Å²) in [5.74, 6) is 0.0285. The van der Waals surface area contributed by atoms with Crippen molar-refractivity contribution in [2.24, 2.45) is 0 Å². The molecule has 6 nitrogen and oxygen atoms in total. The second-order valence-electron chi connectivity index (χ2n) is 7.49. The molecule has 1 atom stereocenters. The monoisotopic (exact) mass is 368 g/mol. The summed E-state index contributed by atoms with van der Waals surface area (Å²) in [6.45, 7) is 9.37. The summed E-state index contributed by atoms with van der Waals surface area (Å²) in [7, 11) is 0. The predicted molar refractivity (Wildman–Crippen MR) is 106 cm³/mol. The number of amides is 1. The number of nitrogens with one attached hydrogen (secondary N) is 2. The van der Waals surface area contributed by atoms with E-state index in [4.69, 9.17) is 10.00 Å². The molecule has 0 aliphatic carbocycles. The van der Waals surface area contributed by atoms with Gasteiger partial charge in [0.25, 0.3) is 0 Å².